The second-order valence-electron chi connectivity index (χ2n) is 3.82. The standard InChI is InChI=1S/C12H15ClFNO2/c1-8(13)7-15(2)12(16)9-4-5-10(14)11(6-9)17-3/h4-6,8H,7H2,1-3H3. The van der Waals surface area contributed by atoms with Gasteiger partial charge in [-0.3, -0.25) is 4.79 Å². The average molecular weight is 260 g/mol. The molecule has 1 aromatic carbocycles. The van der Waals surface area contributed by atoms with Crippen molar-refractivity contribution in [2.75, 3.05) is 20.7 Å². The quantitative estimate of drug-likeness (QED) is 0.778. The van der Waals surface area contributed by atoms with Crippen LogP contribution in [0.3, 0.4) is 0 Å². The topological polar surface area (TPSA) is 29.5 Å². The number of alkyl halides is 1. The molecule has 94 valence electrons. The maximum absolute atomic E-state index is 13.2. The number of halogens is 2. The number of hydrogen-bond donors (Lipinski definition) is 0. The van der Waals surface area contributed by atoms with Crippen LogP contribution >= 0.6 is 11.6 Å². The van der Waals surface area contributed by atoms with E-state index in [4.69, 9.17) is 16.3 Å². The van der Waals surface area contributed by atoms with Gasteiger partial charge in [0.15, 0.2) is 11.6 Å². The fraction of sp³-hybridized carbons (Fsp3) is 0.417. The van der Waals surface area contributed by atoms with Crippen LogP contribution in [-0.4, -0.2) is 36.9 Å². The molecule has 0 aliphatic heterocycles. The number of methoxy groups -OCH3 is 1. The van der Waals surface area contributed by atoms with Crippen LogP contribution in [0.2, 0.25) is 0 Å². The van der Waals surface area contributed by atoms with Gasteiger partial charge in [-0.25, -0.2) is 4.39 Å². The molecule has 0 aliphatic carbocycles. The molecule has 0 radical (unpaired) electrons. The van der Waals surface area contributed by atoms with Crippen LogP contribution < -0.4 is 4.74 Å². The van der Waals surface area contributed by atoms with Gasteiger partial charge in [0.25, 0.3) is 5.91 Å². The lowest BCUT2D eigenvalue weighted by atomic mass is 10.2. The van der Waals surface area contributed by atoms with Crippen molar-refractivity contribution in [3.8, 4) is 5.75 Å². The van der Waals surface area contributed by atoms with E-state index in [1.807, 2.05) is 0 Å². The highest BCUT2D eigenvalue weighted by molar-refractivity contribution is 6.20. The van der Waals surface area contributed by atoms with Crippen molar-refractivity contribution in [2.24, 2.45) is 0 Å². The SMILES string of the molecule is COc1cc(C(=O)N(C)CC(C)Cl)ccc1F. The molecule has 1 unspecified atom stereocenters. The molecular weight excluding hydrogens is 245 g/mol. The van der Waals surface area contributed by atoms with Crippen molar-refractivity contribution in [1.29, 1.82) is 0 Å². The Bertz CT molecular complexity index is 409. The van der Waals surface area contributed by atoms with Gasteiger partial charge in [0.05, 0.1) is 7.11 Å². The molecular formula is C12H15ClFNO2. The Kier molecular flexibility index (Phi) is 4.75. The zero-order chi connectivity index (χ0) is 13.0. The molecule has 0 saturated carbocycles. The predicted octanol–water partition coefficient (Wildman–Crippen LogP) is 2.53. The van der Waals surface area contributed by atoms with Crippen molar-refractivity contribution in [3.63, 3.8) is 0 Å². The summed E-state index contributed by atoms with van der Waals surface area (Å²) in [4.78, 5) is 13.4. The summed E-state index contributed by atoms with van der Waals surface area (Å²) in [5.74, 6) is -0.642. The predicted molar refractivity (Wildman–Crippen MR) is 65.2 cm³/mol. The Hall–Kier alpha value is -1.29. The van der Waals surface area contributed by atoms with E-state index in [9.17, 15) is 9.18 Å². The molecule has 1 atom stereocenters. The maximum Gasteiger partial charge on any atom is 0.253 e. The molecule has 0 bridgehead atoms. The lowest BCUT2D eigenvalue weighted by Crippen LogP contribution is -2.31. The van der Waals surface area contributed by atoms with E-state index in [0.29, 0.717) is 12.1 Å². The van der Waals surface area contributed by atoms with Crippen molar-refractivity contribution in [3.05, 3.63) is 29.6 Å². The summed E-state index contributed by atoms with van der Waals surface area (Å²) in [6, 6.07) is 4.02. The van der Waals surface area contributed by atoms with Gasteiger partial charge >= 0.3 is 0 Å². The highest BCUT2D eigenvalue weighted by Gasteiger charge is 2.15. The molecule has 0 N–H and O–H groups in total. The summed E-state index contributed by atoms with van der Waals surface area (Å²) in [5.41, 5.74) is 0.378. The molecule has 5 heteroatoms. The Labute approximate surface area is 105 Å². The summed E-state index contributed by atoms with van der Waals surface area (Å²) in [6.07, 6.45) is 0. The first-order chi connectivity index (χ1) is 7.95. The minimum Gasteiger partial charge on any atom is -0.494 e. The third-order valence-electron chi connectivity index (χ3n) is 2.27. The fourth-order valence-electron chi connectivity index (χ4n) is 1.47. The lowest BCUT2D eigenvalue weighted by molar-refractivity contribution is 0.0795. The molecule has 17 heavy (non-hydrogen) atoms. The zero-order valence-corrected chi connectivity index (χ0v) is 10.8. The van der Waals surface area contributed by atoms with Crippen LogP contribution in [0.5, 0.6) is 5.75 Å². The molecule has 0 heterocycles. The van der Waals surface area contributed by atoms with E-state index in [2.05, 4.69) is 0 Å². The number of carbonyl (C=O) groups is 1. The summed E-state index contributed by atoms with van der Waals surface area (Å²) in [6.45, 7) is 2.23. The van der Waals surface area contributed by atoms with Crippen molar-refractivity contribution in [1.82, 2.24) is 4.90 Å². The highest BCUT2D eigenvalue weighted by Crippen LogP contribution is 2.19. The van der Waals surface area contributed by atoms with E-state index in [0.717, 1.165) is 0 Å². The molecule has 1 amide bonds. The molecule has 0 saturated heterocycles. The van der Waals surface area contributed by atoms with E-state index in [-0.39, 0.29) is 17.0 Å². The highest BCUT2D eigenvalue weighted by atomic mass is 35.5. The van der Waals surface area contributed by atoms with Crippen LogP contribution in [0.4, 0.5) is 4.39 Å². The van der Waals surface area contributed by atoms with Crippen LogP contribution in [0, 0.1) is 5.82 Å². The number of rotatable bonds is 4. The molecule has 3 nitrogen and oxygen atoms in total. The second kappa shape index (κ2) is 5.87. The zero-order valence-electron chi connectivity index (χ0n) is 10.0. The second-order valence-corrected chi connectivity index (χ2v) is 4.56. The smallest absolute Gasteiger partial charge is 0.253 e. The first kappa shape index (κ1) is 13.8. The van der Waals surface area contributed by atoms with Crippen LogP contribution in [0.25, 0.3) is 0 Å². The molecule has 0 aromatic heterocycles. The third-order valence-corrected chi connectivity index (χ3v) is 2.41. The number of benzene rings is 1. The van der Waals surface area contributed by atoms with Crippen LogP contribution in [-0.2, 0) is 0 Å². The monoisotopic (exact) mass is 259 g/mol. The fourth-order valence-corrected chi connectivity index (χ4v) is 1.68. The lowest BCUT2D eigenvalue weighted by Gasteiger charge is -2.18. The Morgan fingerprint density at radius 3 is 2.76 bits per heavy atom. The number of hydrogen-bond acceptors (Lipinski definition) is 2. The summed E-state index contributed by atoms with van der Waals surface area (Å²) >= 11 is 5.81. The van der Waals surface area contributed by atoms with Gasteiger partial charge in [0.2, 0.25) is 0 Å². The number of carbonyl (C=O) groups excluding carboxylic acids is 1. The largest absolute Gasteiger partial charge is 0.494 e. The van der Waals surface area contributed by atoms with Gasteiger partial charge < -0.3 is 9.64 Å². The number of ether oxygens (including phenoxy) is 1. The first-order valence-corrected chi connectivity index (χ1v) is 5.62. The maximum atomic E-state index is 13.2. The molecule has 0 fully saturated rings. The van der Waals surface area contributed by atoms with Gasteiger partial charge in [-0.05, 0) is 25.1 Å². The third kappa shape index (κ3) is 3.60. The average Bonchev–Trinajstić information content (AvgIpc) is 2.27. The van der Waals surface area contributed by atoms with Crippen molar-refractivity contribution < 1.29 is 13.9 Å². The van der Waals surface area contributed by atoms with Gasteiger partial charge in [0.1, 0.15) is 0 Å². The van der Waals surface area contributed by atoms with Gasteiger partial charge in [-0.2, -0.15) is 0 Å². The van der Waals surface area contributed by atoms with Gasteiger partial charge in [-0.15, -0.1) is 11.6 Å². The van der Waals surface area contributed by atoms with Crippen LogP contribution in [0.1, 0.15) is 17.3 Å². The number of nitrogens with zero attached hydrogens (tertiary/aromatic N) is 1. The molecule has 0 aliphatic rings. The molecule has 1 rings (SSSR count). The normalized spacial score (nSPS) is 12.1. The van der Waals surface area contributed by atoms with E-state index in [1.54, 1.807) is 14.0 Å². The minimum atomic E-state index is -0.489. The molecule has 1 aromatic rings. The first-order valence-electron chi connectivity index (χ1n) is 5.18. The van der Waals surface area contributed by atoms with Crippen LogP contribution in [0.15, 0.2) is 18.2 Å². The van der Waals surface area contributed by atoms with Crippen molar-refractivity contribution in [2.45, 2.75) is 12.3 Å². The van der Waals surface area contributed by atoms with E-state index >= 15 is 0 Å². The number of amides is 1. The van der Waals surface area contributed by atoms with Gasteiger partial charge in [-0.1, -0.05) is 0 Å². The summed E-state index contributed by atoms with van der Waals surface area (Å²) < 4.78 is 18.0. The van der Waals surface area contributed by atoms with E-state index in [1.165, 1.54) is 30.2 Å². The Balaban J connectivity index is 2.89. The summed E-state index contributed by atoms with van der Waals surface area (Å²) in [5, 5.41) is -0.133. The van der Waals surface area contributed by atoms with E-state index < -0.39 is 5.82 Å². The van der Waals surface area contributed by atoms with Crippen molar-refractivity contribution >= 4 is 17.5 Å². The van der Waals surface area contributed by atoms with Gasteiger partial charge in [0, 0.05) is 24.5 Å². The molecule has 0 spiro atoms. The minimum absolute atomic E-state index is 0.0585. The summed E-state index contributed by atoms with van der Waals surface area (Å²) in [7, 11) is 3.01. The Morgan fingerprint density at radius 1 is 1.59 bits per heavy atom. The Morgan fingerprint density at radius 2 is 2.24 bits per heavy atom.